The standard InChI is InChI=1S/C26H18F6N6O3/c1-41-24-22-18(8-20(34-24)35-10-16(29)17(30)11-35)37(13-2-3-15(28)14(7-13)23(31)32)26(40)38(25(22)39)21-9-33-19-6-12(27)4-5-36(19)21/h2-9,16-17,23H,10-11H2,1H3/t16-,17+. The van der Waals surface area contributed by atoms with E-state index < -0.39 is 47.2 Å². The second-order valence-electron chi connectivity index (χ2n) is 9.28. The number of alkyl halides is 4. The van der Waals surface area contributed by atoms with Gasteiger partial charge in [-0.15, -0.1) is 0 Å². The molecule has 5 heterocycles. The van der Waals surface area contributed by atoms with Crippen molar-refractivity contribution in [2.75, 3.05) is 25.1 Å². The van der Waals surface area contributed by atoms with Crippen molar-refractivity contribution >= 4 is 22.4 Å². The van der Waals surface area contributed by atoms with Gasteiger partial charge in [-0.1, -0.05) is 0 Å². The third kappa shape index (κ3) is 4.19. The fourth-order valence-electron chi connectivity index (χ4n) is 4.89. The van der Waals surface area contributed by atoms with Crippen LogP contribution in [0.5, 0.6) is 5.88 Å². The predicted octanol–water partition coefficient (Wildman–Crippen LogP) is 3.90. The Morgan fingerprint density at radius 1 is 1.00 bits per heavy atom. The minimum Gasteiger partial charge on any atom is -0.480 e. The summed E-state index contributed by atoms with van der Waals surface area (Å²) in [4.78, 5) is 37.5. The molecule has 0 amide bonds. The van der Waals surface area contributed by atoms with Gasteiger partial charge in [0.2, 0.25) is 5.88 Å². The Morgan fingerprint density at radius 2 is 1.73 bits per heavy atom. The van der Waals surface area contributed by atoms with E-state index in [1.54, 1.807) is 0 Å². The molecular weight excluding hydrogens is 558 g/mol. The lowest BCUT2D eigenvalue weighted by Gasteiger charge is -2.20. The Kier molecular flexibility index (Phi) is 6.23. The summed E-state index contributed by atoms with van der Waals surface area (Å²) in [7, 11) is 1.18. The molecule has 9 nitrogen and oxygen atoms in total. The first-order valence-electron chi connectivity index (χ1n) is 12.1. The summed E-state index contributed by atoms with van der Waals surface area (Å²) in [6, 6.07) is 5.87. The van der Waals surface area contributed by atoms with Crippen LogP contribution in [0, 0.1) is 11.6 Å². The molecule has 0 radical (unpaired) electrons. The summed E-state index contributed by atoms with van der Waals surface area (Å²) in [5.74, 6) is -2.37. The molecule has 1 aromatic carbocycles. The van der Waals surface area contributed by atoms with E-state index in [0.29, 0.717) is 4.57 Å². The molecule has 0 N–H and O–H groups in total. The first-order chi connectivity index (χ1) is 19.6. The van der Waals surface area contributed by atoms with Gasteiger partial charge in [-0.2, -0.15) is 4.98 Å². The number of rotatable bonds is 5. The molecule has 5 aromatic rings. The minimum absolute atomic E-state index is 0.0516. The maximum Gasteiger partial charge on any atom is 0.342 e. The Balaban J connectivity index is 1.73. The number of ether oxygens (including phenoxy) is 1. The van der Waals surface area contributed by atoms with E-state index in [0.717, 1.165) is 41.1 Å². The van der Waals surface area contributed by atoms with Crippen molar-refractivity contribution in [2.45, 2.75) is 18.8 Å². The van der Waals surface area contributed by atoms with Gasteiger partial charge in [-0.3, -0.25) is 13.8 Å². The number of hydrogen-bond donors (Lipinski definition) is 0. The zero-order valence-electron chi connectivity index (χ0n) is 20.9. The van der Waals surface area contributed by atoms with Gasteiger partial charge in [-0.25, -0.2) is 40.7 Å². The molecule has 0 unspecified atom stereocenters. The normalized spacial score (nSPS) is 17.3. The lowest BCUT2D eigenvalue weighted by molar-refractivity contribution is 0.146. The van der Waals surface area contributed by atoms with E-state index in [9.17, 15) is 35.9 Å². The molecule has 1 fully saturated rings. The Bertz CT molecular complexity index is 1940. The molecule has 6 rings (SSSR count). The fraction of sp³-hybridized carbons (Fsp3) is 0.231. The van der Waals surface area contributed by atoms with E-state index in [1.165, 1.54) is 28.7 Å². The number of hydrogen-bond acceptors (Lipinski definition) is 6. The van der Waals surface area contributed by atoms with Crippen molar-refractivity contribution in [1.29, 1.82) is 0 Å². The Hall–Kier alpha value is -4.82. The second kappa shape index (κ2) is 9.67. The molecule has 0 saturated carbocycles. The quantitative estimate of drug-likeness (QED) is 0.295. The highest BCUT2D eigenvalue weighted by Gasteiger charge is 2.34. The van der Waals surface area contributed by atoms with Crippen LogP contribution in [0.25, 0.3) is 28.1 Å². The summed E-state index contributed by atoms with van der Waals surface area (Å²) in [5, 5.41) is -0.302. The van der Waals surface area contributed by atoms with Crippen LogP contribution in [0.15, 0.2) is 58.4 Å². The van der Waals surface area contributed by atoms with E-state index >= 15 is 0 Å². The highest BCUT2D eigenvalue weighted by Crippen LogP contribution is 2.31. The van der Waals surface area contributed by atoms with Crippen LogP contribution in [-0.2, 0) is 0 Å². The van der Waals surface area contributed by atoms with Gasteiger partial charge in [0.05, 0.1) is 43.2 Å². The number of fused-ring (bicyclic) bond motifs is 2. The fourth-order valence-corrected chi connectivity index (χ4v) is 4.89. The Morgan fingerprint density at radius 3 is 2.41 bits per heavy atom. The summed E-state index contributed by atoms with van der Waals surface area (Å²) >= 11 is 0. The van der Waals surface area contributed by atoms with Crippen LogP contribution in [0.2, 0.25) is 0 Å². The molecule has 1 aliphatic heterocycles. The summed E-state index contributed by atoms with van der Waals surface area (Å²) < 4.78 is 91.4. The van der Waals surface area contributed by atoms with Crippen molar-refractivity contribution in [1.82, 2.24) is 23.5 Å². The monoisotopic (exact) mass is 576 g/mol. The highest BCUT2D eigenvalue weighted by molar-refractivity contribution is 5.87. The zero-order chi connectivity index (χ0) is 29.2. The van der Waals surface area contributed by atoms with Gasteiger partial charge in [0.15, 0.2) is 12.3 Å². The minimum atomic E-state index is -3.24. The van der Waals surface area contributed by atoms with Crippen molar-refractivity contribution < 1.29 is 31.1 Å². The van der Waals surface area contributed by atoms with Crippen molar-refractivity contribution in [3.8, 4) is 17.4 Å². The lowest BCUT2D eigenvalue weighted by Crippen LogP contribution is -2.39. The zero-order valence-corrected chi connectivity index (χ0v) is 20.9. The maximum absolute atomic E-state index is 14.2. The van der Waals surface area contributed by atoms with Gasteiger partial charge in [0.25, 0.3) is 12.0 Å². The van der Waals surface area contributed by atoms with E-state index in [-0.39, 0.29) is 52.8 Å². The molecule has 15 heteroatoms. The number of pyridine rings is 2. The third-order valence-corrected chi connectivity index (χ3v) is 6.85. The van der Waals surface area contributed by atoms with Crippen LogP contribution in [0.1, 0.15) is 12.0 Å². The number of methoxy groups -OCH3 is 1. The number of aromatic nitrogens is 5. The average Bonchev–Trinajstić information content (AvgIpc) is 3.50. The van der Waals surface area contributed by atoms with Gasteiger partial charge < -0.3 is 9.64 Å². The number of benzene rings is 1. The molecule has 0 bridgehead atoms. The maximum atomic E-state index is 14.2. The first kappa shape index (κ1) is 26.4. The van der Waals surface area contributed by atoms with E-state index in [4.69, 9.17) is 4.74 Å². The van der Waals surface area contributed by atoms with E-state index in [2.05, 4.69) is 9.97 Å². The van der Waals surface area contributed by atoms with Crippen LogP contribution < -0.4 is 20.9 Å². The third-order valence-electron chi connectivity index (χ3n) is 6.85. The molecule has 1 saturated heterocycles. The van der Waals surface area contributed by atoms with Crippen LogP contribution in [-0.4, -0.2) is 56.0 Å². The number of imidazole rings is 1. The molecular formula is C26H18F6N6O3. The summed E-state index contributed by atoms with van der Waals surface area (Å²) in [5.41, 5.74) is -3.47. The largest absolute Gasteiger partial charge is 0.480 e. The number of nitrogens with zero attached hydrogens (tertiary/aromatic N) is 6. The topological polar surface area (TPSA) is 86.7 Å². The molecule has 212 valence electrons. The van der Waals surface area contributed by atoms with Crippen LogP contribution in [0.4, 0.5) is 32.2 Å². The Labute approximate surface area is 225 Å². The van der Waals surface area contributed by atoms with Gasteiger partial charge in [0, 0.05) is 18.3 Å². The molecule has 41 heavy (non-hydrogen) atoms. The number of halogens is 6. The van der Waals surface area contributed by atoms with Gasteiger partial charge in [0.1, 0.15) is 34.3 Å². The van der Waals surface area contributed by atoms with Crippen molar-refractivity contribution in [3.63, 3.8) is 0 Å². The van der Waals surface area contributed by atoms with Gasteiger partial charge >= 0.3 is 5.69 Å². The summed E-state index contributed by atoms with van der Waals surface area (Å²) in [6.07, 6.45) is -4.52. The molecule has 1 aliphatic rings. The number of anilines is 1. The van der Waals surface area contributed by atoms with Gasteiger partial charge in [-0.05, 0) is 24.3 Å². The molecule has 0 spiro atoms. The predicted molar refractivity (Wildman–Crippen MR) is 135 cm³/mol. The second-order valence-corrected chi connectivity index (χ2v) is 9.28. The van der Waals surface area contributed by atoms with Crippen LogP contribution in [0.3, 0.4) is 0 Å². The SMILES string of the molecule is COc1nc(N2C[C@@H](F)[C@@H](F)C2)cc2c1c(=O)n(-c1cnc3cc(F)ccn13)c(=O)n2-c1ccc(F)c(C(F)F)c1. The smallest absolute Gasteiger partial charge is 0.342 e. The molecule has 2 atom stereocenters. The molecule has 4 aromatic heterocycles. The first-order valence-corrected chi connectivity index (χ1v) is 12.1. The molecule has 0 aliphatic carbocycles. The lowest BCUT2D eigenvalue weighted by atomic mass is 10.1. The average molecular weight is 576 g/mol. The van der Waals surface area contributed by atoms with Crippen LogP contribution >= 0.6 is 0 Å². The highest BCUT2D eigenvalue weighted by atomic mass is 19.3. The van der Waals surface area contributed by atoms with E-state index in [1.807, 2.05) is 0 Å². The summed E-state index contributed by atoms with van der Waals surface area (Å²) in [6.45, 7) is -0.761. The van der Waals surface area contributed by atoms with Crippen molar-refractivity contribution in [2.24, 2.45) is 0 Å². The van der Waals surface area contributed by atoms with Crippen molar-refractivity contribution in [3.05, 3.63) is 86.8 Å².